The zero-order chi connectivity index (χ0) is 35.1. The summed E-state index contributed by atoms with van der Waals surface area (Å²) in [5.41, 5.74) is 19.2. The van der Waals surface area contributed by atoms with Gasteiger partial charge in [0.2, 0.25) is 0 Å². The van der Waals surface area contributed by atoms with E-state index in [1.807, 2.05) is 97.2 Å². The van der Waals surface area contributed by atoms with Crippen molar-refractivity contribution in [2.45, 2.75) is 6.04 Å². The molecule has 6 aromatic carbocycles. The predicted octanol–water partition coefficient (Wildman–Crippen LogP) is 11.0. The average molecular weight is 670 g/mol. The highest BCUT2D eigenvalue weighted by molar-refractivity contribution is 5.88. The summed E-state index contributed by atoms with van der Waals surface area (Å²) < 4.78 is 0. The Morgan fingerprint density at radius 2 is 1.04 bits per heavy atom. The maximum atomic E-state index is 6.96. The summed E-state index contributed by atoms with van der Waals surface area (Å²) in [5, 5.41) is 0. The number of benzene rings is 6. The maximum Gasteiger partial charge on any atom is 0.160 e. The third-order valence-electron chi connectivity index (χ3n) is 9.02. The number of pyridine rings is 1. The van der Waals surface area contributed by atoms with E-state index < -0.39 is 0 Å². The first kappa shape index (κ1) is 32.4. The van der Waals surface area contributed by atoms with E-state index in [1.165, 1.54) is 0 Å². The summed E-state index contributed by atoms with van der Waals surface area (Å²) in [4.78, 5) is 20.0. The van der Waals surface area contributed by atoms with Gasteiger partial charge in [0.05, 0.1) is 28.8 Å². The highest BCUT2D eigenvalue weighted by Crippen LogP contribution is 2.34. The molecule has 2 N–H and O–H groups in total. The van der Waals surface area contributed by atoms with Crippen LogP contribution in [0.2, 0.25) is 0 Å². The largest absolute Gasteiger partial charge is 0.320 e. The highest BCUT2D eigenvalue weighted by Gasteiger charge is 2.16. The molecule has 0 radical (unpaired) electrons. The van der Waals surface area contributed by atoms with Crippen LogP contribution in [0.25, 0.3) is 56.3 Å². The Morgan fingerprint density at radius 1 is 0.462 bits per heavy atom. The van der Waals surface area contributed by atoms with Crippen LogP contribution in [-0.4, -0.2) is 21.2 Å². The molecule has 0 spiro atoms. The lowest BCUT2D eigenvalue weighted by Crippen LogP contribution is -2.12. The molecule has 0 aliphatic heterocycles. The summed E-state index contributed by atoms with van der Waals surface area (Å²) in [6.45, 7) is 0. The fourth-order valence-corrected chi connectivity index (χ4v) is 6.34. The molecule has 52 heavy (non-hydrogen) atoms. The highest BCUT2D eigenvalue weighted by atomic mass is 14.9. The molecule has 2 aromatic heterocycles. The van der Waals surface area contributed by atoms with E-state index in [2.05, 4.69) is 96.0 Å². The van der Waals surface area contributed by atoms with Gasteiger partial charge < -0.3 is 5.73 Å². The van der Waals surface area contributed by atoms with E-state index in [-0.39, 0.29) is 6.04 Å². The third-order valence-corrected chi connectivity index (χ3v) is 9.02. The van der Waals surface area contributed by atoms with Crippen molar-refractivity contribution in [3.63, 3.8) is 0 Å². The Balaban J connectivity index is 1.26. The average Bonchev–Trinajstić information content (AvgIpc) is 3.24. The molecular formula is C47H35N5. The molecule has 5 nitrogen and oxygen atoms in total. The molecule has 0 aliphatic carbocycles. The van der Waals surface area contributed by atoms with Crippen LogP contribution in [0, 0.1) is 0 Å². The van der Waals surface area contributed by atoms with Gasteiger partial charge in [-0.25, -0.2) is 9.97 Å². The van der Waals surface area contributed by atoms with Crippen molar-refractivity contribution in [2.24, 2.45) is 10.7 Å². The van der Waals surface area contributed by atoms with Crippen LogP contribution in [0.15, 0.2) is 193 Å². The monoisotopic (exact) mass is 669 g/mol. The number of hydrogen-bond donors (Lipinski definition) is 1. The molecule has 1 atom stereocenters. The van der Waals surface area contributed by atoms with E-state index >= 15 is 0 Å². The fourth-order valence-electron chi connectivity index (χ4n) is 6.34. The molecule has 0 saturated heterocycles. The smallest absolute Gasteiger partial charge is 0.160 e. The molecule has 0 amide bonds. The van der Waals surface area contributed by atoms with Crippen LogP contribution in [0.5, 0.6) is 0 Å². The number of hydrogen-bond acceptors (Lipinski definition) is 5. The van der Waals surface area contributed by atoms with Crippen molar-refractivity contribution in [1.29, 1.82) is 0 Å². The van der Waals surface area contributed by atoms with Gasteiger partial charge in [-0.3, -0.25) is 9.98 Å². The van der Waals surface area contributed by atoms with E-state index in [0.717, 1.165) is 72.8 Å². The van der Waals surface area contributed by atoms with Crippen LogP contribution in [-0.2, 0) is 0 Å². The van der Waals surface area contributed by atoms with Crippen molar-refractivity contribution in [2.75, 3.05) is 0 Å². The number of aliphatic imine (C=N–C) groups is 1. The second-order valence-corrected chi connectivity index (χ2v) is 12.5. The van der Waals surface area contributed by atoms with Gasteiger partial charge in [0, 0.05) is 34.7 Å². The van der Waals surface area contributed by atoms with Gasteiger partial charge in [-0.15, -0.1) is 0 Å². The zero-order valence-electron chi connectivity index (χ0n) is 28.4. The minimum absolute atomic E-state index is 0.363. The Bertz CT molecular complexity index is 2390. The minimum Gasteiger partial charge on any atom is -0.320 e. The van der Waals surface area contributed by atoms with Crippen LogP contribution in [0.4, 0.5) is 5.69 Å². The van der Waals surface area contributed by atoms with Gasteiger partial charge in [-0.1, -0.05) is 133 Å². The lowest BCUT2D eigenvalue weighted by molar-refractivity contribution is 0.872. The van der Waals surface area contributed by atoms with Crippen LogP contribution >= 0.6 is 0 Å². The van der Waals surface area contributed by atoms with Gasteiger partial charge in [0.1, 0.15) is 0 Å². The van der Waals surface area contributed by atoms with Crippen molar-refractivity contribution in [3.05, 3.63) is 205 Å². The first-order valence-electron chi connectivity index (χ1n) is 17.3. The lowest BCUT2D eigenvalue weighted by Gasteiger charge is -2.17. The van der Waals surface area contributed by atoms with E-state index in [0.29, 0.717) is 5.82 Å². The molecule has 0 aliphatic rings. The van der Waals surface area contributed by atoms with Gasteiger partial charge >= 0.3 is 0 Å². The van der Waals surface area contributed by atoms with E-state index in [1.54, 1.807) is 6.20 Å². The first-order valence-corrected chi connectivity index (χ1v) is 17.3. The molecule has 8 aromatic rings. The quantitative estimate of drug-likeness (QED) is 0.155. The molecule has 248 valence electrons. The summed E-state index contributed by atoms with van der Waals surface area (Å²) in [6.07, 6.45) is 3.70. The second-order valence-electron chi connectivity index (χ2n) is 12.5. The molecule has 0 bridgehead atoms. The fraction of sp³-hybridized carbons (Fsp3) is 0.0213. The second kappa shape index (κ2) is 15.0. The maximum absolute atomic E-state index is 6.96. The van der Waals surface area contributed by atoms with Crippen LogP contribution in [0.3, 0.4) is 0 Å². The molecule has 0 saturated carbocycles. The Hall–Kier alpha value is -6.82. The SMILES string of the molecule is NC(c1ccccc1)c1cc(-c2ccccc2)ccc1N=Cc1cc(-c2ccccn2)cc(-c2nc(-c3ccccc3)cc(-c3ccccc3)n2)c1. The van der Waals surface area contributed by atoms with E-state index in [9.17, 15) is 0 Å². The van der Waals surface area contributed by atoms with Crippen molar-refractivity contribution < 1.29 is 0 Å². The van der Waals surface area contributed by atoms with Gasteiger partial charge in [-0.05, 0) is 76.3 Å². The van der Waals surface area contributed by atoms with E-state index in [4.69, 9.17) is 20.7 Å². The Morgan fingerprint density at radius 3 is 1.65 bits per heavy atom. The molecule has 1 unspecified atom stereocenters. The van der Waals surface area contributed by atoms with Crippen molar-refractivity contribution >= 4 is 11.9 Å². The number of rotatable bonds is 9. The van der Waals surface area contributed by atoms with Gasteiger partial charge in [0.15, 0.2) is 5.82 Å². The molecular weight excluding hydrogens is 635 g/mol. The predicted molar refractivity (Wildman–Crippen MR) is 213 cm³/mol. The lowest BCUT2D eigenvalue weighted by atomic mass is 9.94. The number of nitrogens with two attached hydrogens (primary N) is 1. The minimum atomic E-state index is -0.363. The third kappa shape index (κ3) is 7.22. The topological polar surface area (TPSA) is 77.0 Å². The van der Waals surface area contributed by atoms with Gasteiger partial charge in [0.25, 0.3) is 0 Å². The number of nitrogens with zero attached hydrogens (tertiary/aromatic N) is 4. The summed E-state index contributed by atoms with van der Waals surface area (Å²) in [7, 11) is 0. The molecule has 2 heterocycles. The Labute approximate surface area is 303 Å². The normalized spacial score (nSPS) is 11.8. The van der Waals surface area contributed by atoms with Gasteiger partial charge in [-0.2, -0.15) is 0 Å². The number of aromatic nitrogens is 3. The van der Waals surface area contributed by atoms with Crippen LogP contribution in [0.1, 0.15) is 22.7 Å². The van der Waals surface area contributed by atoms with Crippen molar-refractivity contribution in [1.82, 2.24) is 15.0 Å². The first-order chi connectivity index (χ1) is 25.7. The summed E-state index contributed by atoms with van der Waals surface area (Å²) >= 11 is 0. The van der Waals surface area contributed by atoms with Crippen molar-refractivity contribution in [3.8, 4) is 56.3 Å². The molecule has 0 fully saturated rings. The standard InChI is InChI=1S/C47H35N5/c48-46(37-21-11-4-12-22-37)41-30-38(34-15-5-1-6-16-34)24-25-43(41)50-32-33-27-39(42-23-13-14-26-49-42)29-40(28-33)47-51-44(35-17-7-2-8-18-35)31-45(52-47)36-19-9-3-10-20-36/h1-32,46H,48H2. The molecule has 5 heteroatoms. The Kier molecular flexibility index (Phi) is 9.32. The zero-order valence-corrected chi connectivity index (χ0v) is 28.4. The summed E-state index contributed by atoms with van der Waals surface area (Å²) in [6, 6.07) is 61.1. The summed E-state index contributed by atoms with van der Waals surface area (Å²) in [5.74, 6) is 0.617. The molecule has 8 rings (SSSR count). The van der Waals surface area contributed by atoms with Crippen LogP contribution < -0.4 is 5.73 Å².